The molecule has 8 nitrogen and oxygen atoms in total. The number of nitrogens with zero attached hydrogens (tertiary/aromatic N) is 6. The van der Waals surface area contributed by atoms with E-state index in [1.807, 2.05) is 0 Å². The van der Waals surface area contributed by atoms with Gasteiger partial charge in [0.1, 0.15) is 24.0 Å². The van der Waals surface area contributed by atoms with E-state index in [1.165, 1.54) is 54.7 Å². The van der Waals surface area contributed by atoms with Crippen molar-refractivity contribution >= 4 is 60.6 Å². The monoisotopic (exact) mass is 1030 g/mol. The molecule has 3 unspecified atom stereocenters. The van der Waals surface area contributed by atoms with Gasteiger partial charge < -0.3 is 14.5 Å². The predicted molar refractivity (Wildman–Crippen MR) is 328 cm³/mol. The summed E-state index contributed by atoms with van der Waals surface area (Å²) in [5, 5.41) is 12.5. The molecule has 0 spiro atoms. The van der Waals surface area contributed by atoms with Gasteiger partial charge in [-0.25, -0.2) is 19.9 Å². The van der Waals surface area contributed by atoms with Gasteiger partial charge in [0.05, 0.1) is 22.1 Å². The largest absolute Gasteiger partial charge is 0.350 e. The van der Waals surface area contributed by atoms with E-state index in [0.29, 0.717) is 5.82 Å². The maximum Gasteiger partial charge on any atom is 0.163 e. The average molecular weight is 1030 g/mol. The second-order valence-electron chi connectivity index (χ2n) is 20.9. The number of hydrogen-bond acceptors (Lipinski definition) is 6. The molecule has 382 valence electrons. The third kappa shape index (κ3) is 8.63. The second-order valence-corrected chi connectivity index (χ2v) is 20.9. The fraction of sp³-hybridized carbons (Fsp3) is 0.0833. The highest BCUT2D eigenvalue weighted by Crippen LogP contribution is 2.37. The van der Waals surface area contributed by atoms with Gasteiger partial charge in [-0.3, -0.25) is 5.32 Å². The van der Waals surface area contributed by atoms with Crippen LogP contribution >= 0.6 is 0 Å². The van der Waals surface area contributed by atoms with E-state index >= 15 is 0 Å². The van der Waals surface area contributed by atoms with Gasteiger partial charge >= 0.3 is 0 Å². The Morgan fingerprint density at radius 2 is 0.975 bits per heavy atom. The predicted octanol–water partition coefficient (Wildman–Crippen LogP) is 16.6. The van der Waals surface area contributed by atoms with Crippen molar-refractivity contribution in [2.75, 3.05) is 0 Å². The summed E-state index contributed by atoms with van der Waals surface area (Å²) in [4.78, 5) is 20.8. The Labute approximate surface area is 464 Å². The lowest BCUT2D eigenvalue weighted by atomic mass is 9.91. The fourth-order valence-electron chi connectivity index (χ4n) is 12.0. The van der Waals surface area contributed by atoms with E-state index in [9.17, 15) is 0 Å². The van der Waals surface area contributed by atoms with E-state index in [2.05, 4.69) is 281 Å². The number of aliphatic imine (C=N–C) groups is 1. The van der Waals surface area contributed by atoms with Crippen LogP contribution in [0.15, 0.2) is 266 Å². The van der Waals surface area contributed by atoms with E-state index in [4.69, 9.17) is 19.9 Å². The van der Waals surface area contributed by atoms with Crippen molar-refractivity contribution in [2.45, 2.75) is 37.5 Å². The molecule has 80 heavy (non-hydrogen) atoms. The number of amidine groups is 1. The van der Waals surface area contributed by atoms with Crippen molar-refractivity contribution in [1.82, 2.24) is 34.7 Å². The first-order valence-electron chi connectivity index (χ1n) is 27.7. The van der Waals surface area contributed by atoms with Crippen LogP contribution in [0.1, 0.15) is 71.4 Å². The normalized spacial score (nSPS) is 17.1. The van der Waals surface area contributed by atoms with Crippen molar-refractivity contribution in [2.24, 2.45) is 4.99 Å². The molecule has 0 saturated carbocycles. The summed E-state index contributed by atoms with van der Waals surface area (Å²) in [6.07, 6.45) is 15.8. The summed E-state index contributed by atoms with van der Waals surface area (Å²) in [5.74, 6) is 3.02. The lowest BCUT2D eigenvalue weighted by Crippen LogP contribution is -2.44. The fourth-order valence-corrected chi connectivity index (χ4v) is 12.0. The zero-order valence-electron chi connectivity index (χ0n) is 43.9. The van der Waals surface area contributed by atoms with Gasteiger partial charge in [-0.1, -0.05) is 182 Å². The van der Waals surface area contributed by atoms with Crippen LogP contribution in [-0.4, -0.2) is 29.9 Å². The van der Waals surface area contributed by atoms with Crippen molar-refractivity contribution in [3.63, 3.8) is 0 Å². The molecular formula is C72H54N8. The maximum absolute atomic E-state index is 5.33. The summed E-state index contributed by atoms with van der Waals surface area (Å²) < 4.78 is 4.69. The molecule has 4 heterocycles. The molecule has 1 aliphatic heterocycles. The van der Waals surface area contributed by atoms with Crippen molar-refractivity contribution in [3.8, 4) is 33.9 Å². The quantitative estimate of drug-likeness (QED) is 0.143. The second kappa shape index (κ2) is 20.1. The molecule has 2 aliphatic carbocycles. The molecule has 3 atom stereocenters. The number of fused-ring (bicyclic) bond motifs is 6. The smallest absolute Gasteiger partial charge is 0.163 e. The molecule has 0 saturated heterocycles. The number of hydrogen-bond donors (Lipinski definition) is 2. The van der Waals surface area contributed by atoms with Crippen molar-refractivity contribution in [1.29, 1.82) is 0 Å². The van der Waals surface area contributed by atoms with Gasteiger partial charge in [0.25, 0.3) is 0 Å². The average Bonchev–Trinajstić information content (AvgIpc) is 4.07. The summed E-state index contributed by atoms with van der Waals surface area (Å²) in [6, 6.07) is 80.2. The third-order valence-electron chi connectivity index (χ3n) is 16.0. The Morgan fingerprint density at radius 1 is 0.412 bits per heavy atom. The lowest BCUT2D eigenvalue weighted by Gasteiger charge is -2.32. The van der Waals surface area contributed by atoms with E-state index in [0.717, 1.165) is 87.1 Å². The topological polar surface area (TPSA) is 85.0 Å². The number of rotatable bonds is 10. The zero-order valence-corrected chi connectivity index (χ0v) is 43.9. The highest BCUT2D eigenvalue weighted by molar-refractivity contribution is 6.10. The van der Waals surface area contributed by atoms with Crippen LogP contribution in [0.3, 0.4) is 0 Å². The van der Waals surface area contributed by atoms with E-state index in [1.54, 1.807) is 0 Å². The van der Waals surface area contributed by atoms with Crippen molar-refractivity contribution < 1.29 is 0 Å². The minimum absolute atomic E-state index is 0.000999. The molecule has 12 aromatic rings. The van der Waals surface area contributed by atoms with Gasteiger partial charge in [-0.15, -0.1) is 0 Å². The Kier molecular flexibility index (Phi) is 11.9. The molecule has 3 aliphatic rings. The molecule has 0 bridgehead atoms. The van der Waals surface area contributed by atoms with Gasteiger partial charge in [0.2, 0.25) is 0 Å². The van der Waals surface area contributed by atoms with Crippen LogP contribution in [0.25, 0.3) is 88.6 Å². The molecule has 9 aromatic carbocycles. The first kappa shape index (κ1) is 47.2. The number of allylic oxidation sites excluding steroid dienone is 8. The van der Waals surface area contributed by atoms with E-state index < -0.39 is 0 Å². The highest BCUT2D eigenvalue weighted by Gasteiger charge is 2.26. The van der Waals surface area contributed by atoms with Gasteiger partial charge in [-0.05, 0) is 132 Å². The van der Waals surface area contributed by atoms with Crippen LogP contribution in [0.4, 0.5) is 0 Å². The van der Waals surface area contributed by atoms with Crippen LogP contribution in [0, 0.1) is 0 Å². The van der Waals surface area contributed by atoms with Crippen LogP contribution in [0.2, 0.25) is 0 Å². The van der Waals surface area contributed by atoms with Gasteiger partial charge in [-0.2, -0.15) is 0 Å². The Bertz CT molecular complexity index is 4390. The summed E-state index contributed by atoms with van der Waals surface area (Å²) in [7, 11) is 0. The molecule has 2 N–H and O–H groups in total. The Morgan fingerprint density at radius 3 is 1.56 bits per heavy atom. The first-order chi connectivity index (χ1) is 39.6. The van der Waals surface area contributed by atoms with Crippen LogP contribution in [-0.2, 0) is 0 Å². The number of para-hydroxylation sites is 4. The summed E-state index contributed by atoms with van der Waals surface area (Å²) in [5.41, 5.74) is 16.9. The third-order valence-corrected chi connectivity index (χ3v) is 16.0. The summed E-state index contributed by atoms with van der Waals surface area (Å²) in [6.45, 7) is 0. The van der Waals surface area contributed by atoms with Gasteiger partial charge in [0, 0.05) is 55.5 Å². The number of nitrogens with one attached hydrogen (secondary N) is 2. The molecule has 15 rings (SSSR count). The van der Waals surface area contributed by atoms with Gasteiger partial charge in [0.15, 0.2) is 11.6 Å². The van der Waals surface area contributed by atoms with Crippen LogP contribution < -0.4 is 10.6 Å². The Balaban J connectivity index is 0.682. The molecule has 8 heteroatoms. The minimum atomic E-state index is -0.274. The van der Waals surface area contributed by atoms with Crippen molar-refractivity contribution in [3.05, 3.63) is 295 Å². The molecular weight excluding hydrogens is 977 g/mol. The molecule has 0 fully saturated rings. The number of benzene rings is 9. The molecule has 0 radical (unpaired) electrons. The first-order valence-corrected chi connectivity index (χ1v) is 27.7. The standard InChI is InChI=1S/C72H54N8/c1-3-16-49(17-4-1)67-73-69(77-71(75-67)53-38-42-57(43-39-53)79-63-26-11-7-22-59(63)60-23-8-12-27-64(60)79)51-34-30-47(31-35-51)55-20-15-21-56(46-55)48-32-36-52(37-33-48)70-74-68(50-18-5-2-6-19-50)76-72(78-70)54-40-44-58(45-41-54)80-65-28-13-9-24-61(65)62-25-10-14-29-66(62)80/h1,3-5,7-36,38-46,52,67,69,73H,2,6,37H2,(H,75,77). The summed E-state index contributed by atoms with van der Waals surface area (Å²) >= 11 is 0. The molecule has 3 aromatic heterocycles. The Hall–Kier alpha value is -10.0. The maximum atomic E-state index is 5.33. The zero-order chi connectivity index (χ0) is 52.9. The lowest BCUT2D eigenvalue weighted by molar-refractivity contribution is 0.409. The van der Waals surface area contributed by atoms with E-state index in [-0.39, 0.29) is 18.2 Å². The minimum Gasteiger partial charge on any atom is -0.350 e. The molecule has 0 amide bonds. The SMILES string of the molecule is C1=CC(c2nc(-c3ccc(-n4c5ccccc5c5ccccc54)cc3)nc(C3C=CC(c4cccc(-c5ccc(C6N=C(c7ccc(-n8c9ccccc9c9ccccc98)cc7)NC(c7ccccc7)N6)cc5)c4)=CC3)n2)=CCC1. The van der Waals surface area contributed by atoms with Crippen LogP contribution in [0.5, 0.6) is 0 Å². The number of aromatic nitrogens is 5. The highest BCUT2D eigenvalue weighted by atomic mass is 15.3.